The minimum Gasteiger partial charge on any atom is -0.469 e. The van der Waals surface area contributed by atoms with Gasteiger partial charge in [0.15, 0.2) is 0 Å². The molecule has 0 fully saturated rings. The van der Waals surface area contributed by atoms with E-state index >= 15 is 0 Å². The van der Waals surface area contributed by atoms with Crippen molar-refractivity contribution in [2.75, 3.05) is 7.11 Å². The summed E-state index contributed by atoms with van der Waals surface area (Å²) >= 11 is 0. The summed E-state index contributed by atoms with van der Waals surface area (Å²) < 4.78 is 7.04. The lowest BCUT2D eigenvalue weighted by molar-refractivity contribution is -0.151. The first-order valence-electron chi connectivity index (χ1n) is 6.64. The Labute approximate surface area is 114 Å². The highest BCUT2D eigenvalue weighted by Crippen LogP contribution is 2.26. The fraction of sp³-hybridized carbons (Fsp3) is 0.438. The summed E-state index contributed by atoms with van der Waals surface area (Å²) in [6, 6.07) is 8.43. The number of carbonyl (C=O) groups is 1. The Balaban J connectivity index is 2.44. The Morgan fingerprint density at radius 1 is 1.32 bits per heavy atom. The predicted molar refractivity (Wildman–Crippen MR) is 77.1 cm³/mol. The number of esters is 1. The molecule has 3 nitrogen and oxygen atoms in total. The largest absolute Gasteiger partial charge is 0.469 e. The molecular formula is C16H21NO2. The van der Waals surface area contributed by atoms with E-state index in [0.717, 1.165) is 6.42 Å². The van der Waals surface area contributed by atoms with Gasteiger partial charge in [-0.2, -0.15) is 0 Å². The van der Waals surface area contributed by atoms with Crippen molar-refractivity contribution in [1.82, 2.24) is 4.57 Å². The molecule has 0 saturated heterocycles. The summed E-state index contributed by atoms with van der Waals surface area (Å²) in [4.78, 5) is 11.8. The Morgan fingerprint density at radius 2 is 2.05 bits per heavy atom. The second-order valence-electron chi connectivity index (χ2n) is 5.53. The maximum atomic E-state index is 11.8. The van der Waals surface area contributed by atoms with E-state index in [9.17, 15) is 4.79 Å². The van der Waals surface area contributed by atoms with E-state index in [2.05, 4.69) is 42.0 Å². The Morgan fingerprint density at radius 3 is 2.68 bits per heavy atom. The van der Waals surface area contributed by atoms with Gasteiger partial charge in [-0.25, -0.2) is 0 Å². The van der Waals surface area contributed by atoms with Crippen molar-refractivity contribution in [2.45, 2.75) is 33.7 Å². The van der Waals surface area contributed by atoms with E-state index in [1.54, 1.807) is 0 Å². The van der Waals surface area contributed by atoms with Crippen molar-refractivity contribution in [1.29, 1.82) is 0 Å². The number of para-hydroxylation sites is 1. The van der Waals surface area contributed by atoms with Crippen LogP contribution in [0.5, 0.6) is 0 Å². The van der Waals surface area contributed by atoms with Crippen LogP contribution in [0.2, 0.25) is 0 Å². The number of aromatic nitrogens is 1. The smallest absolute Gasteiger partial charge is 0.313 e. The summed E-state index contributed by atoms with van der Waals surface area (Å²) in [5, 5.41) is 1.22. The number of rotatable bonds is 4. The second-order valence-corrected chi connectivity index (χ2v) is 5.53. The van der Waals surface area contributed by atoms with Crippen molar-refractivity contribution < 1.29 is 9.53 Å². The van der Waals surface area contributed by atoms with E-state index in [4.69, 9.17) is 4.74 Å². The van der Waals surface area contributed by atoms with Gasteiger partial charge in [0, 0.05) is 12.7 Å². The van der Waals surface area contributed by atoms with Crippen LogP contribution in [0.25, 0.3) is 10.9 Å². The molecule has 1 heterocycles. The predicted octanol–water partition coefficient (Wildman–Crippen LogP) is 3.40. The molecule has 102 valence electrons. The normalized spacial score (nSPS) is 11.8. The lowest BCUT2D eigenvalue weighted by Crippen LogP contribution is -2.30. The highest BCUT2D eigenvalue weighted by Gasteiger charge is 2.29. The van der Waals surface area contributed by atoms with Gasteiger partial charge in [0.25, 0.3) is 0 Å². The summed E-state index contributed by atoms with van der Waals surface area (Å²) in [5.74, 6) is -0.177. The van der Waals surface area contributed by atoms with Gasteiger partial charge in [0.05, 0.1) is 18.0 Å². The number of hydrogen-bond donors (Lipinski definition) is 0. The molecule has 0 saturated carbocycles. The molecular weight excluding hydrogens is 238 g/mol. The van der Waals surface area contributed by atoms with Gasteiger partial charge in [0.2, 0.25) is 0 Å². The molecule has 0 aliphatic carbocycles. The molecule has 19 heavy (non-hydrogen) atoms. The topological polar surface area (TPSA) is 31.2 Å². The molecule has 0 atom stereocenters. The quantitative estimate of drug-likeness (QED) is 0.788. The molecule has 0 amide bonds. The Bertz CT molecular complexity index is 596. The maximum absolute atomic E-state index is 11.8. The molecule has 2 aromatic rings. The lowest BCUT2D eigenvalue weighted by atomic mass is 9.93. The van der Waals surface area contributed by atoms with Gasteiger partial charge >= 0.3 is 5.97 Å². The molecule has 0 aliphatic heterocycles. The molecule has 0 aliphatic rings. The summed E-state index contributed by atoms with van der Waals surface area (Å²) in [5.41, 5.74) is 2.01. The van der Waals surface area contributed by atoms with Gasteiger partial charge in [-0.15, -0.1) is 0 Å². The standard InChI is InChI=1S/C16H21NO2/c1-5-12-7-6-8-13-9-10-17(14(12)13)11-16(2,3)15(18)19-4/h6-10H,5,11H2,1-4H3. The van der Waals surface area contributed by atoms with Crippen molar-refractivity contribution in [3.8, 4) is 0 Å². The fourth-order valence-corrected chi connectivity index (χ4v) is 2.52. The summed E-state index contributed by atoms with van der Waals surface area (Å²) in [6.45, 7) is 6.61. The molecule has 1 aromatic heterocycles. The molecule has 0 spiro atoms. The summed E-state index contributed by atoms with van der Waals surface area (Å²) in [7, 11) is 1.44. The zero-order valence-electron chi connectivity index (χ0n) is 12.1. The van der Waals surface area contributed by atoms with Gasteiger partial charge in [-0.3, -0.25) is 4.79 Å². The number of aryl methyl sites for hydroxylation is 1. The first kappa shape index (κ1) is 13.7. The zero-order valence-corrected chi connectivity index (χ0v) is 12.1. The van der Waals surface area contributed by atoms with Crippen LogP contribution in [-0.4, -0.2) is 17.6 Å². The monoisotopic (exact) mass is 259 g/mol. The number of nitrogens with zero attached hydrogens (tertiary/aromatic N) is 1. The van der Waals surface area contributed by atoms with Crippen LogP contribution >= 0.6 is 0 Å². The zero-order chi connectivity index (χ0) is 14.0. The summed E-state index contributed by atoms with van der Waals surface area (Å²) in [6.07, 6.45) is 3.04. The van der Waals surface area contributed by atoms with Crippen LogP contribution < -0.4 is 0 Å². The average Bonchev–Trinajstić information content (AvgIpc) is 2.80. The fourth-order valence-electron chi connectivity index (χ4n) is 2.52. The molecule has 1 aromatic carbocycles. The molecule has 2 rings (SSSR count). The van der Waals surface area contributed by atoms with E-state index in [1.165, 1.54) is 23.6 Å². The average molecular weight is 259 g/mol. The highest BCUT2D eigenvalue weighted by molar-refractivity contribution is 5.84. The number of ether oxygens (including phenoxy) is 1. The Kier molecular flexibility index (Phi) is 3.65. The molecule has 0 bridgehead atoms. The van der Waals surface area contributed by atoms with Crippen LogP contribution in [0.1, 0.15) is 26.3 Å². The molecule has 0 unspecified atom stereocenters. The second kappa shape index (κ2) is 5.08. The SMILES string of the molecule is CCc1cccc2ccn(CC(C)(C)C(=O)OC)c12. The van der Waals surface area contributed by atoms with Crippen molar-refractivity contribution in [3.05, 3.63) is 36.0 Å². The Hall–Kier alpha value is -1.77. The van der Waals surface area contributed by atoms with E-state index in [1.807, 2.05) is 13.8 Å². The first-order valence-corrected chi connectivity index (χ1v) is 6.64. The number of methoxy groups -OCH3 is 1. The van der Waals surface area contributed by atoms with Crippen molar-refractivity contribution in [2.24, 2.45) is 5.41 Å². The van der Waals surface area contributed by atoms with Crippen molar-refractivity contribution >= 4 is 16.9 Å². The first-order chi connectivity index (χ1) is 8.99. The van der Waals surface area contributed by atoms with Gasteiger partial charge in [0.1, 0.15) is 0 Å². The maximum Gasteiger partial charge on any atom is 0.313 e. The van der Waals surface area contributed by atoms with Crippen LogP contribution in [0.15, 0.2) is 30.5 Å². The van der Waals surface area contributed by atoms with Crippen LogP contribution in [-0.2, 0) is 22.5 Å². The third-order valence-corrected chi connectivity index (χ3v) is 3.56. The van der Waals surface area contributed by atoms with E-state index in [0.29, 0.717) is 6.54 Å². The lowest BCUT2D eigenvalue weighted by Gasteiger charge is -2.23. The number of fused-ring (bicyclic) bond motifs is 1. The van der Waals surface area contributed by atoms with Crippen LogP contribution in [0.4, 0.5) is 0 Å². The molecule has 3 heteroatoms. The van der Waals surface area contributed by atoms with Crippen LogP contribution in [0.3, 0.4) is 0 Å². The van der Waals surface area contributed by atoms with Crippen molar-refractivity contribution in [3.63, 3.8) is 0 Å². The third kappa shape index (κ3) is 2.50. The minimum atomic E-state index is -0.526. The molecule has 0 N–H and O–H groups in total. The highest BCUT2D eigenvalue weighted by atomic mass is 16.5. The minimum absolute atomic E-state index is 0.177. The molecule has 0 radical (unpaired) electrons. The third-order valence-electron chi connectivity index (χ3n) is 3.56. The van der Waals surface area contributed by atoms with Gasteiger partial charge in [-0.1, -0.05) is 25.1 Å². The number of hydrogen-bond acceptors (Lipinski definition) is 2. The number of carbonyl (C=O) groups excluding carboxylic acids is 1. The van der Waals surface area contributed by atoms with Crippen LogP contribution in [0, 0.1) is 5.41 Å². The van der Waals surface area contributed by atoms with E-state index in [-0.39, 0.29) is 5.97 Å². The van der Waals surface area contributed by atoms with Gasteiger partial charge in [-0.05, 0) is 37.3 Å². The number of benzene rings is 1. The van der Waals surface area contributed by atoms with E-state index < -0.39 is 5.41 Å². The van der Waals surface area contributed by atoms with Gasteiger partial charge < -0.3 is 9.30 Å².